The molecule has 0 N–H and O–H groups in total. The lowest BCUT2D eigenvalue weighted by molar-refractivity contribution is 0.102. The molecule has 3 rings (SSSR count). The molecule has 3 nitrogen and oxygen atoms in total. The molecule has 27 heavy (non-hydrogen) atoms. The molecule has 140 valence electrons. The van der Waals surface area contributed by atoms with E-state index in [0.717, 1.165) is 46.8 Å². The van der Waals surface area contributed by atoms with Gasteiger partial charge >= 0.3 is 0 Å². The van der Waals surface area contributed by atoms with E-state index in [1.807, 2.05) is 30.3 Å². The van der Waals surface area contributed by atoms with E-state index < -0.39 is 0 Å². The summed E-state index contributed by atoms with van der Waals surface area (Å²) in [5.41, 5.74) is 6.67. The third-order valence-electron chi connectivity index (χ3n) is 5.17. The highest BCUT2D eigenvalue weighted by Gasteiger charge is 2.25. The Morgan fingerprint density at radius 1 is 1.00 bits per heavy atom. The number of allylic oxidation sites excluding steroid dienone is 2. The van der Waals surface area contributed by atoms with Crippen LogP contribution in [-0.4, -0.2) is 24.6 Å². The van der Waals surface area contributed by atoms with Crippen molar-refractivity contribution in [3.8, 4) is 0 Å². The highest BCUT2D eigenvalue weighted by molar-refractivity contribution is 6.26. The molecule has 1 aliphatic carbocycles. The molecule has 1 aliphatic rings. The first-order chi connectivity index (χ1) is 13.0. The minimum Gasteiger partial charge on any atom is -0.372 e. The van der Waals surface area contributed by atoms with Crippen molar-refractivity contribution in [2.24, 2.45) is 10.9 Å². The zero-order valence-electron chi connectivity index (χ0n) is 16.9. The summed E-state index contributed by atoms with van der Waals surface area (Å²) in [6, 6.07) is 14.2. The molecule has 3 heteroatoms. The van der Waals surface area contributed by atoms with Crippen molar-refractivity contribution in [2.45, 2.75) is 34.6 Å². The number of fused-ring (bicyclic) bond motifs is 1. The quantitative estimate of drug-likeness (QED) is 0.681. The van der Waals surface area contributed by atoms with Gasteiger partial charge in [-0.05, 0) is 56.5 Å². The molecule has 0 unspecified atom stereocenters. The van der Waals surface area contributed by atoms with E-state index in [1.165, 1.54) is 5.69 Å². The number of anilines is 1. The van der Waals surface area contributed by atoms with Crippen LogP contribution >= 0.6 is 0 Å². The first-order valence-corrected chi connectivity index (χ1v) is 9.76. The smallest absolute Gasteiger partial charge is 0.190 e. The van der Waals surface area contributed by atoms with Crippen LogP contribution in [0.5, 0.6) is 0 Å². The number of rotatable bonds is 5. The fraction of sp³-hybridized carbons (Fsp3) is 0.333. The fourth-order valence-corrected chi connectivity index (χ4v) is 3.55. The number of carbonyl (C=O) groups is 1. The molecule has 0 amide bonds. The number of nitrogens with zero attached hydrogens (tertiary/aromatic N) is 2. The molecule has 0 aromatic heterocycles. The Bertz CT molecular complexity index is 918. The van der Waals surface area contributed by atoms with Gasteiger partial charge in [-0.2, -0.15) is 0 Å². The lowest BCUT2D eigenvalue weighted by Gasteiger charge is -2.22. The number of aliphatic imine (C=N–C) groups is 1. The topological polar surface area (TPSA) is 32.7 Å². The minimum absolute atomic E-state index is 0.119. The number of ketones is 1. The Balaban J connectivity index is 2.09. The predicted octanol–water partition coefficient (Wildman–Crippen LogP) is 5.74. The predicted molar refractivity (Wildman–Crippen MR) is 115 cm³/mol. The first kappa shape index (κ1) is 19.1. The summed E-state index contributed by atoms with van der Waals surface area (Å²) in [4.78, 5) is 20.1. The Morgan fingerprint density at radius 3 is 2.26 bits per heavy atom. The van der Waals surface area contributed by atoms with Crippen LogP contribution in [0, 0.1) is 12.8 Å². The highest BCUT2D eigenvalue weighted by atomic mass is 16.1. The largest absolute Gasteiger partial charge is 0.372 e. The van der Waals surface area contributed by atoms with Crippen molar-refractivity contribution >= 4 is 22.9 Å². The Kier molecular flexibility index (Phi) is 5.59. The summed E-state index contributed by atoms with van der Waals surface area (Å²) >= 11 is 0. The SMILES string of the molecule is CCN(CC)c1ccc(N=C2C=C(C(C)C)C(=O)c3ccccc32)c(C)c1. The van der Waals surface area contributed by atoms with Crippen molar-refractivity contribution in [2.75, 3.05) is 18.0 Å². The maximum Gasteiger partial charge on any atom is 0.190 e. The van der Waals surface area contributed by atoms with Gasteiger partial charge in [0.25, 0.3) is 0 Å². The molecule has 0 radical (unpaired) electrons. The van der Waals surface area contributed by atoms with Gasteiger partial charge in [0.15, 0.2) is 5.78 Å². The second-order valence-electron chi connectivity index (χ2n) is 7.27. The molecule has 0 atom stereocenters. The number of Topliss-reactive ketones (excluding diaryl/α,β-unsaturated/α-hetero) is 1. The highest BCUT2D eigenvalue weighted by Crippen LogP contribution is 2.30. The third-order valence-corrected chi connectivity index (χ3v) is 5.17. The molecular weight excluding hydrogens is 332 g/mol. The molecule has 0 aliphatic heterocycles. The van der Waals surface area contributed by atoms with Crippen LogP contribution in [0.3, 0.4) is 0 Å². The first-order valence-electron chi connectivity index (χ1n) is 9.76. The second kappa shape index (κ2) is 7.91. The Labute approximate surface area is 162 Å². The molecule has 0 fully saturated rings. The average Bonchev–Trinajstić information content (AvgIpc) is 2.66. The molecular formula is C24H28N2O. The second-order valence-corrected chi connectivity index (χ2v) is 7.27. The minimum atomic E-state index is 0.119. The number of carbonyl (C=O) groups excluding carboxylic acids is 1. The van der Waals surface area contributed by atoms with E-state index in [9.17, 15) is 4.79 Å². The van der Waals surface area contributed by atoms with E-state index in [2.05, 4.69) is 57.7 Å². The van der Waals surface area contributed by atoms with Crippen LogP contribution < -0.4 is 4.90 Å². The van der Waals surface area contributed by atoms with Crippen LogP contribution in [0.2, 0.25) is 0 Å². The van der Waals surface area contributed by atoms with Gasteiger partial charge < -0.3 is 4.90 Å². The maximum atomic E-state index is 12.8. The normalized spacial score (nSPS) is 15.1. The van der Waals surface area contributed by atoms with E-state index in [0.29, 0.717) is 0 Å². The molecule has 0 spiro atoms. The van der Waals surface area contributed by atoms with Crippen LogP contribution in [0.25, 0.3) is 0 Å². The van der Waals surface area contributed by atoms with Crippen molar-refractivity contribution in [3.05, 3.63) is 70.8 Å². The molecule has 0 saturated carbocycles. The summed E-state index contributed by atoms with van der Waals surface area (Å²) in [6.07, 6.45) is 1.97. The lowest BCUT2D eigenvalue weighted by atomic mass is 9.84. The van der Waals surface area contributed by atoms with Gasteiger partial charge in [-0.25, -0.2) is 4.99 Å². The van der Waals surface area contributed by atoms with Crippen LogP contribution in [0.15, 0.2) is 59.1 Å². The summed E-state index contributed by atoms with van der Waals surface area (Å²) in [7, 11) is 0. The molecule has 2 aromatic rings. The summed E-state index contributed by atoms with van der Waals surface area (Å²) < 4.78 is 0. The standard InChI is InChI=1S/C24H28N2O/c1-6-26(7-2)18-12-13-22(17(5)14-18)25-23-15-21(16(3)4)24(27)20-11-9-8-10-19(20)23/h8-16H,6-7H2,1-5H3. The van der Waals surface area contributed by atoms with Crippen molar-refractivity contribution in [3.63, 3.8) is 0 Å². The maximum absolute atomic E-state index is 12.8. The van der Waals surface area contributed by atoms with E-state index >= 15 is 0 Å². The summed E-state index contributed by atoms with van der Waals surface area (Å²) in [5.74, 6) is 0.287. The number of aryl methyl sites for hydroxylation is 1. The van der Waals surface area contributed by atoms with Gasteiger partial charge in [0.05, 0.1) is 11.4 Å². The monoisotopic (exact) mass is 360 g/mol. The average molecular weight is 361 g/mol. The van der Waals surface area contributed by atoms with Crippen molar-refractivity contribution < 1.29 is 4.79 Å². The van der Waals surface area contributed by atoms with Gasteiger partial charge in [0.2, 0.25) is 0 Å². The van der Waals surface area contributed by atoms with Crippen LogP contribution in [0.1, 0.15) is 49.2 Å². The zero-order valence-corrected chi connectivity index (χ0v) is 16.9. The fourth-order valence-electron chi connectivity index (χ4n) is 3.55. The molecule has 2 aromatic carbocycles. The zero-order chi connectivity index (χ0) is 19.6. The number of hydrogen-bond donors (Lipinski definition) is 0. The van der Waals surface area contributed by atoms with Crippen LogP contribution in [-0.2, 0) is 0 Å². The lowest BCUT2D eigenvalue weighted by Crippen LogP contribution is -2.21. The van der Waals surface area contributed by atoms with Gasteiger partial charge in [0.1, 0.15) is 0 Å². The van der Waals surface area contributed by atoms with Gasteiger partial charge in [0, 0.05) is 35.5 Å². The van der Waals surface area contributed by atoms with Crippen molar-refractivity contribution in [1.82, 2.24) is 0 Å². The van der Waals surface area contributed by atoms with E-state index in [1.54, 1.807) is 0 Å². The van der Waals surface area contributed by atoms with Crippen molar-refractivity contribution in [1.29, 1.82) is 0 Å². The number of hydrogen-bond acceptors (Lipinski definition) is 3. The Hall–Kier alpha value is -2.68. The van der Waals surface area contributed by atoms with Gasteiger partial charge in [-0.1, -0.05) is 38.1 Å². The molecule has 0 heterocycles. The van der Waals surface area contributed by atoms with Gasteiger partial charge in [-0.3, -0.25) is 4.79 Å². The summed E-state index contributed by atoms with van der Waals surface area (Å²) in [5, 5.41) is 0. The molecule has 0 bridgehead atoms. The van der Waals surface area contributed by atoms with E-state index in [-0.39, 0.29) is 11.7 Å². The van der Waals surface area contributed by atoms with E-state index in [4.69, 9.17) is 4.99 Å². The molecule has 0 saturated heterocycles. The Morgan fingerprint density at radius 2 is 1.67 bits per heavy atom. The third kappa shape index (κ3) is 3.73. The van der Waals surface area contributed by atoms with Gasteiger partial charge in [-0.15, -0.1) is 0 Å². The van der Waals surface area contributed by atoms with Crippen LogP contribution in [0.4, 0.5) is 11.4 Å². The summed E-state index contributed by atoms with van der Waals surface area (Å²) in [6.45, 7) is 12.5. The number of benzene rings is 2.